The Kier molecular flexibility index (Phi) is 8.16. The summed E-state index contributed by atoms with van der Waals surface area (Å²) in [5, 5.41) is 19.7. The normalized spacial score (nSPS) is 15.9. The monoisotopic (exact) mass is 642 g/mol. The zero-order valence-corrected chi connectivity index (χ0v) is 24.2. The van der Waals surface area contributed by atoms with Gasteiger partial charge in [0.05, 0.1) is 12.3 Å². The van der Waals surface area contributed by atoms with E-state index >= 15 is 0 Å². The van der Waals surface area contributed by atoms with Crippen molar-refractivity contribution >= 4 is 77.4 Å². The first-order chi connectivity index (χ1) is 16.2. The van der Waals surface area contributed by atoms with Crippen LogP contribution in [0.3, 0.4) is 0 Å². The molecule has 178 valence electrons. The number of aromatic nitrogens is 3. The molecule has 1 N–H and O–H groups in total. The van der Waals surface area contributed by atoms with Crippen molar-refractivity contribution in [3.8, 4) is 5.00 Å². The Morgan fingerprint density at radius 2 is 1.88 bits per heavy atom. The molecule has 3 aromatic rings. The highest BCUT2D eigenvalue weighted by molar-refractivity contribution is 9.14. The van der Waals surface area contributed by atoms with Crippen LogP contribution in [0.1, 0.15) is 45.7 Å². The number of aliphatic imine (C=N–C) groups is 1. The van der Waals surface area contributed by atoms with Crippen LogP contribution in [0.15, 0.2) is 38.2 Å². The number of thiophene rings is 1. The molecular weight excluding hydrogens is 624 g/mol. The second-order valence-electron chi connectivity index (χ2n) is 7.74. The number of nitrogens with zero attached hydrogens (tertiary/aromatic N) is 4. The molecule has 1 unspecified atom stereocenters. The van der Waals surface area contributed by atoms with Crippen LogP contribution in [0, 0.1) is 20.8 Å². The van der Waals surface area contributed by atoms with Gasteiger partial charge in [-0.25, -0.2) is 0 Å². The Bertz CT molecular complexity index is 1320. The van der Waals surface area contributed by atoms with E-state index in [-0.39, 0.29) is 18.1 Å². The number of rotatable bonds is 6. The van der Waals surface area contributed by atoms with Gasteiger partial charge in [0.25, 0.3) is 0 Å². The van der Waals surface area contributed by atoms with E-state index in [2.05, 4.69) is 55.9 Å². The van der Waals surface area contributed by atoms with Gasteiger partial charge in [0, 0.05) is 42.2 Å². The standard InChI is InChI=1S/C23H21Br2ClN4O2S2/c1-11-12(2)34-23-20(11)21(14-4-6-15(26)7-5-14)27-18(22-29-28-13(3)30(22)23)8-19(32)33-10-17(25)16(24)9-31/h4-7,18,31H,8-10H2,1-3H3/b17-16+. The molecular formula is C23H21Br2ClN4O2S2. The highest BCUT2D eigenvalue weighted by Gasteiger charge is 2.32. The number of carbonyl (C=O) groups excluding carboxylic acids is 1. The van der Waals surface area contributed by atoms with Crippen molar-refractivity contribution in [1.29, 1.82) is 0 Å². The van der Waals surface area contributed by atoms with E-state index in [9.17, 15) is 9.90 Å². The van der Waals surface area contributed by atoms with Gasteiger partial charge in [-0.3, -0.25) is 14.4 Å². The predicted molar refractivity (Wildman–Crippen MR) is 147 cm³/mol. The molecule has 0 fully saturated rings. The third kappa shape index (κ3) is 5.12. The van der Waals surface area contributed by atoms with E-state index in [4.69, 9.17) is 16.6 Å². The third-order valence-corrected chi connectivity index (χ3v) is 10.3. The van der Waals surface area contributed by atoms with Gasteiger partial charge in [-0.05, 0) is 38.5 Å². The van der Waals surface area contributed by atoms with E-state index in [1.807, 2.05) is 35.8 Å². The first-order valence-electron chi connectivity index (χ1n) is 10.4. The predicted octanol–water partition coefficient (Wildman–Crippen LogP) is 6.44. The number of hydrogen-bond acceptors (Lipinski definition) is 7. The maximum absolute atomic E-state index is 13.0. The number of halogens is 3. The molecule has 6 nitrogen and oxygen atoms in total. The van der Waals surface area contributed by atoms with Gasteiger partial charge in [-0.1, -0.05) is 67.4 Å². The number of thioether (sulfide) groups is 1. The van der Waals surface area contributed by atoms with Crippen molar-refractivity contribution in [2.45, 2.75) is 33.2 Å². The average molecular weight is 645 g/mol. The fourth-order valence-corrected chi connectivity index (χ4v) is 6.53. The average Bonchev–Trinajstić information content (AvgIpc) is 3.29. The van der Waals surface area contributed by atoms with Crippen molar-refractivity contribution in [3.63, 3.8) is 0 Å². The smallest absolute Gasteiger partial charge is 0.191 e. The zero-order valence-electron chi connectivity index (χ0n) is 18.6. The summed E-state index contributed by atoms with van der Waals surface area (Å²) in [4.78, 5) is 19.3. The zero-order chi connectivity index (χ0) is 24.6. The molecule has 1 atom stereocenters. The Morgan fingerprint density at radius 1 is 1.18 bits per heavy atom. The lowest BCUT2D eigenvalue weighted by Crippen LogP contribution is -2.10. The minimum atomic E-state index is -0.491. The molecule has 1 aromatic carbocycles. The summed E-state index contributed by atoms with van der Waals surface area (Å²) in [6.45, 7) is 5.98. The largest absolute Gasteiger partial charge is 0.391 e. The molecule has 0 bridgehead atoms. The molecule has 0 radical (unpaired) electrons. The molecule has 0 aliphatic carbocycles. The van der Waals surface area contributed by atoms with Gasteiger partial charge < -0.3 is 5.11 Å². The number of aliphatic hydroxyl groups excluding tert-OH is 1. The van der Waals surface area contributed by atoms with Crippen LogP contribution in [0.4, 0.5) is 0 Å². The van der Waals surface area contributed by atoms with E-state index in [1.54, 1.807) is 11.3 Å². The summed E-state index contributed by atoms with van der Waals surface area (Å²) < 4.78 is 3.40. The second-order valence-corrected chi connectivity index (χ2v) is 12.3. The van der Waals surface area contributed by atoms with Crippen LogP contribution in [0.25, 0.3) is 5.00 Å². The van der Waals surface area contributed by atoms with Crippen LogP contribution in [-0.2, 0) is 4.79 Å². The van der Waals surface area contributed by atoms with Crippen molar-refractivity contribution < 1.29 is 9.90 Å². The van der Waals surface area contributed by atoms with E-state index in [1.165, 1.54) is 16.6 Å². The van der Waals surface area contributed by atoms with Crippen LogP contribution in [0.5, 0.6) is 0 Å². The maximum Gasteiger partial charge on any atom is 0.191 e. The summed E-state index contributed by atoms with van der Waals surface area (Å²) in [6, 6.07) is 7.12. The summed E-state index contributed by atoms with van der Waals surface area (Å²) in [7, 11) is 0. The maximum atomic E-state index is 13.0. The highest BCUT2D eigenvalue weighted by atomic mass is 79.9. The van der Waals surface area contributed by atoms with Gasteiger partial charge >= 0.3 is 0 Å². The van der Waals surface area contributed by atoms with Gasteiger partial charge in [0.1, 0.15) is 16.9 Å². The van der Waals surface area contributed by atoms with Crippen LogP contribution >= 0.6 is 66.6 Å². The minimum Gasteiger partial charge on any atom is -0.391 e. The number of fused-ring (bicyclic) bond motifs is 3. The number of aryl methyl sites for hydroxylation is 2. The summed E-state index contributed by atoms with van der Waals surface area (Å²) >= 11 is 15.7. The first kappa shape index (κ1) is 25.8. The van der Waals surface area contributed by atoms with Crippen molar-refractivity contribution in [2.24, 2.45) is 4.99 Å². The summed E-state index contributed by atoms with van der Waals surface area (Å²) in [5.74, 6) is 1.83. The Hall–Kier alpha value is -1.30. The SMILES string of the molecule is Cc1sc2c(c1C)C(c1ccc(Cl)cc1)=NC(CC(=O)SC/C(Br)=C(\Br)CO)c1nnc(C)n1-2. The fourth-order valence-electron chi connectivity index (χ4n) is 3.66. The van der Waals surface area contributed by atoms with Gasteiger partial charge in [0.2, 0.25) is 0 Å². The lowest BCUT2D eigenvalue weighted by Gasteiger charge is -2.12. The van der Waals surface area contributed by atoms with Gasteiger partial charge in [0.15, 0.2) is 10.9 Å². The molecule has 0 amide bonds. The quantitative estimate of drug-likeness (QED) is 0.334. The molecule has 0 spiro atoms. The van der Waals surface area contributed by atoms with E-state index < -0.39 is 6.04 Å². The molecule has 11 heteroatoms. The molecule has 1 aliphatic rings. The fraction of sp³-hybridized carbons (Fsp3) is 0.304. The van der Waals surface area contributed by atoms with Crippen LogP contribution in [0.2, 0.25) is 5.02 Å². The number of carbonyl (C=O) groups is 1. The lowest BCUT2D eigenvalue weighted by molar-refractivity contribution is -0.111. The Morgan fingerprint density at radius 3 is 2.56 bits per heavy atom. The molecule has 3 heterocycles. The Labute approximate surface area is 227 Å². The van der Waals surface area contributed by atoms with E-state index in [0.717, 1.165) is 37.7 Å². The molecule has 2 aromatic heterocycles. The highest BCUT2D eigenvalue weighted by Crippen LogP contribution is 2.40. The van der Waals surface area contributed by atoms with Gasteiger partial charge in [-0.2, -0.15) is 0 Å². The summed E-state index contributed by atoms with van der Waals surface area (Å²) in [5.41, 5.74) is 3.95. The summed E-state index contributed by atoms with van der Waals surface area (Å²) in [6.07, 6.45) is 0.171. The second kappa shape index (κ2) is 10.8. The third-order valence-electron chi connectivity index (χ3n) is 5.51. The van der Waals surface area contributed by atoms with Crippen molar-refractivity contribution in [2.75, 3.05) is 12.4 Å². The molecule has 0 saturated heterocycles. The van der Waals surface area contributed by atoms with Crippen LogP contribution in [-0.4, -0.2) is 43.1 Å². The minimum absolute atomic E-state index is 0.0234. The molecule has 1 aliphatic heterocycles. The molecule has 4 rings (SSSR count). The Balaban J connectivity index is 1.78. The first-order valence-corrected chi connectivity index (χ1v) is 14.1. The molecule has 0 saturated carbocycles. The number of hydrogen-bond donors (Lipinski definition) is 1. The van der Waals surface area contributed by atoms with Crippen molar-refractivity contribution in [1.82, 2.24) is 14.8 Å². The topological polar surface area (TPSA) is 80.4 Å². The van der Waals surface area contributed by atoms with E-state index in [0.29, 0.717) is 21.1 Å². The van der Waals surface area contributed by atoms with Crippen molar-refractivity contribution in [3.05, 3.63) is 71.5 Å². The molecule has 34 heavy (non-hydrogen) atoms. The lowest BCUT2D eigenvalue weighted by atomic mass is 10.00. The number of aliphatic hydroxyl groups is 1. The van der Waals surface area contributed by atoms with Crippen LogP contribution < -0.4 is 0 Å². The van der Waals surface area contributed by atoms with Gasteiger partial charge in [-0.15, -0.1) is 21.5 Å². The number of benzene rings is 1.